The number of methoxy groups -OCH3 is 1. The summed E-state index contributed by atoms with van der Waals surface area (Å²) in [6.45, 7) is 4.70. The summed E-state index contributed by atoms with van der Waals surface area (Å²) in [6.07, 6.45) is 2.98. The molecule has 25 heavy (non-hydrogen) atoms. The third-order valence-corrected chi connectivity index (χ3v) is 5.19. The predicted octanol–water partition coefficient (Wildman–Crippen LogP) is 2.40. The van der Waals surface area contributed by atoms with Crippen molar-refractivity contribution in [3.8, 4) is 5.75 Å². The van der Waals surface area contributed by atoms with Gasteiger partial charge in [0.15, 0.2) is 5.96 Å². The lowest BCUT2D eigenvalue weighted by Crippen LogP contribution is -2.44. The number of hydrogen-bond donors (Lipinski definition) is 2. The Bertz CT molecular complexity index is 730. The van der Waals surface area contributed by atoms with Crippen LogP contribution in [0.15, 0.2) is 35.5 Å². The van der Waals surface area contributed by atoms with Crippen molar-refractivity contribution in [2.45, 2.75) is 25.9 Å². The number of ether oxygens (including phenoxy) is 1. The number of anilines is 1. The molecule has 1 saturated heterocycles. The van der Waals surface area contributed by atoms with E-state index in [0.717, 1.165) is 48.5 Å². The number of aromatic nitrogens is 1. The van der Waals surface area contributed by atoms with Crippen LogP contribution in [0.25, 0.3) is 0 Å². The standard InChI is InChI=1S/C18H25N5OS/c1-13-20-10-15(25-13)11-21-18(19-2)22-14-8-9-23(12-14)16-6-4-5-7-17(16)24-3/h4-7,10,14H,8-9,11-12H2,1-3H3,(H2,19,21,22). The molecule has 1 aliphatic rings. The Balaban J connectivity index is 1.54. The fraction of sp³-hybridized carbons (Fsp3) is 0.444. The quantitative estimate of drug-likeness (QED) is 0.634. The highest BCUT2D eigenvalue weighted by atomic mass is 32.1. The van der Waals surface area contributed by atoms with Gasteiger partial charge in [0.05, 0.1) is 24.3 Å². The molecule has 6 nitrogen and oxygen atoms in total. The first-order chi connectivity index (χ1) is 12.2. The molecule has 0 bridgehead atoms. The van der Waals surface area contributed by atoms with Crippen molar-refractivity contribution >= 4 is 23.0 Å². The maximum Gasteiger partial charge on any atom is 0.191 e. The van der Waals surface area contributed by atoms with E-state index in [9.17, 15) is 0 Å². The van der Waals surface area contributed by atoms with Crippen LogP contribution in [0, 0.1) is 6.92 Å². The van der Waals surface area contributed by atoms with Gasteiger partial charge in [0.25, 0.3) is 0 Å². The van der Waals surface area contributed by atoms with Crippen LogP contribution in [0.1, 0.15) is 16.3 Å². The van der Waals surface area contributed by atoms with Gasteiger partial charge in [-0.3, -0.25) is 4.99 Å². The van der Waals surface area contributed by atoms with Gasteiger partial charge in [-0.05, 0) is 25.5 Å². The second kappa shape index (κ2) is 8.20. The topological polar surface area (TPSA) is 61.8 Å². The minimum Gasteiger partial charge on any atom is -0.495 e. The van der Waals surface area contributed by atoms with Gasteiger partial charge in [-0.25, -0.2) is 4.98 Å². The van der Waals surface area contributed by atoms with Gasteiger partial charge < -0.3 is 20.3 Å². The molecule has 0 radical (unpaired) electrons. The number of nitrogens with one attached hydrogen (secondary N) is 2. The number of para-hydroxylation sites is 2. The molecule has 0 amide bonds. The van der Waals surface area contributed by atoms with E-state index in [1.165, 1.54) is 4.88 Å². The van der Waals surface area contributed by atoms with Gasteiger partial charge in [-0.1, -0.05) is 12.1 Å². The van der Waals surface area contributed by atoms with Crippen LogP contribution in [-0.2, 0) is 6.54 Å². The number of nitrogens with zero attached hydrogens (tertiary/aromatic N) is 3. The number of hydrogen-bond acceptors (Lipinski definition) is 5. The smallest absolute Gasteiger partial charge is 0.191 e. The average Bonchev–Trinajstić information content (AvgIpc) is 3.27. The normalized spacial score (nSPS) is 17.6. The third kappa shape index (κ3) is 4.42. The highest BCUT2D eigenvalue weighted by Gasteiger charge is 2.25. The SMILES string of the molecule is CN=C(NCc1cnc(C)s1)NC1CCN(c2ccccc2OC)C1. The Hall–Kier alpha value is -2.28. The van der Waals surface area contributed by atoms with Crippen molar-refractivity contribution in [1.82, 2.24) is 15.6 Å². The minimum absolute atomic E-state index is 0.360. The lowest BCUT2D eigenvalue weighted by atomic mass is 10.2. The lowest BCUT2D eigenvalue weighted by molar-refractivity contribution is 0.415. The largest absolute Gasteiger partial charge is 0.495 e. The number of rotatable bonds is 5. The minimum atomic E-state index is 0.360. The molecule has 134 valence electrons. The summed E-state index contributed by atoms with van der Waals surface area (Å²) in [6, 6.07) is 8.53. The molecular formula is C18H25N5OS. The van der Waals surface area contributed by atoms with E-state index in [1.54, 1.807) is 25.5 Å². The fourth-order valence-electron chi connectivity index (χ4n) is 3.03. The van der Waals surface area contributed by atoms with Crippen molar-refractivity contribution in [1.29, 1.82) is 0 Å². The van der Waals surface area contributed by atoms with Crippen molar-refractivity contribution < 1.29 is 4.74 Å². The molecule has 1 aromatic heterocycles. The molecule has 0 spiro atoms. The molecule has 3 rings (SSSR count). The number of aliphatic imine (C=N–C) groups is 1. The molecule has 0 saturated carbocycles. The summed E-state index contributed by atoms with van der Waals surface area (Å²) in [5, 5.41) is 7.98. The first kappa shape index (κ1) is 17.5. The molecular weight excluding hydrogens is 334 g/mol. The average molecular weight is 359 g/mol. The van der Waals surface area contributed by atoms with E-state index in [4.69, 9.17) is 4.74 Å². The molecule has 1 unspecified atom stereocenters. The van der Waals surface area contributed by atoms with E-state index in [0.29, 0.717) is 6.04 Å². The summed E-state index contributed by atoms with van der Waals surface area (Å²) in [4.78, 5) is 12.2. The van der Waals surface area contributed by atoms with Crippen molar-refractivity contribution in [2.24, 2.45) is 4.99 Å². The number of guanidine groups is 1. The molecule has 2 aromatic rings. The zero-order chi connectivity index (χ0) is 17.6. The van der Waals surface area contributed by atoms with Gasteiger partial charge in [0.2, 0.25) is 0 Å². The van der Waals surface area contributed by atoms with Gasteiger partial charge in [-0.15, -0.1) is 11.3 Å². The highest BCUT2D eigenvalue weighted by Crippen LogP contribution is 2.30. The Labute approximate surface area is 152 Å². The summed E-state index contributed by atoms with van der Waals surface area (Å²) < 4.78 is 5.48. The molecule has 1 atom stereocenters. The van der Waals surface area contributed by atoms with Crippen LogP contribution in [-0.4, -0.2) is 44.2 Å². The fourth-order valence-corrected chi connectivity index (χ4v) is 3.77. The van der Waals surface area contributed by atoms with Gasteiger partial charge in [-0.2, -0.15) is 0 Å². The van der Waals surface area contributed by atoms with Gasteiger partial charge in [0, 0.05) is 37.3 Å². The van der Waals surface area contributed by atoms with E-state index in [-0.39, 0.29) is 0 Å². The van der Waals surface area contributed by atoms with E-state index in [1.807, 2.05) is 25.3 Å². The summed E-state index contributed by atoms with van der Waals surface area (Å²) in [5.74, 6) is 1.75. The van der Waals surface area contributed by atoms with Crippen LogP contribution < -0.4 is 20.3 Å². The summed E-state index contributed by atoms with van der Waals surface area (Å²) >= 11 is 1.71. The zero-order valence-electron chi connectivity index (χ0n) is 15.0. The molecule has 1 fully saturated rings. The van der Waals surface area contributed by atoms with Crippen molar-refractivity contribution in [2.75, 3.05) is 32.1 Å². The molecule has 7 heteroatoms. The molecule has 2 N–H and O–H groups in total. The monoisotopic (exact) mass is 359 g/mol. The van der Waals surface area contributed by atoms with E-state index in [2.05, 4.69) is 37.6 Å². The Morgan fingerprint density at radius 1 is 1.44 bits per heavy atom. The molecule has 0 aliphatic carbocycles. The van der Waals surface area contributed by atoms with Gasteiger partial charge in [0.1, 0.15) is 5.75 Å². The Morgan fingerprint density at radius 2 is 2.28 bits per heavy atom. The van der Waals surface area contributed by atoms with E-state index >= 15 is 0 Å². The number of benzene rings is 1. The first-order valence-corrected chi connectivity index (χ1v) is 9.27. The molecule has 1 aromatic carbocycles. The van der Waals surface area contributed by atoms with E-state index < -0.39 is 0 Å². The molecule has 2 heterocycles. The Kier molecular flexibility index (Phi) is 5.75. The number of thiazole rings is 1. The zero-order valence-corrected chi connectivity index (χ0v) is 15.8. The van der Waals surface area contributed by atoms with Gasteiger partial charge >= 0.3 is 0 Å². The maximum atomic E-state index is 5.48. The van der Waals surface area contributed by atoms with Crippen molar-refractivity contribution in [3.63, 3.8) is 0 Å². The maximum absolute atomic E-state index is 5.48. The van der Waals surface area contributed by atoms with Crippen LogP contribution in [0.3, 0.4) is 0 Å². The van der Waals surface area contributed by atoms with Crippen LogP contribution in [0.2, 0.25) is 0 Å². The van der Waals surface area contributed by atoms with Crippen molar-refractivity contribution in [3.05, 3.63) is 40.3 Å². The second-order valence-corrected chi connectivity index (χ2v) is 7.34. The highest BCUT2D eigenvalue weighted by molar-refractivity contribution is 7.11. The summed E-state index contributed by atoms with van der Waals surface area (Å²) in [5.41, 5.74) is 1.15. The Morgan fingerprint density at radius 3 is 3.00 bits per heavy atom. The first-order valence-electron chi connectivity index (χ1n) is 8.46. The second-order valence-electron chi connectivity index (χ2n) is 6.02. The van der Waals surface area contributed by atoms with Crippen LogP contribution >= 0.6 is 11.3 Å². The number of aryl methyl sites for hydroxylation is 1. The summed E-state index contributed by atoms with van der Waals surface area (Å²) in [7, 11) is 3.53. The predicted molar refractivity (Wildman–Crippen MR) is 104 cm³/mol. The molecule has 1 aliphatic heterocycles. The van der Waals surface area contributed by atoms with Crippen LogP contribution in [0.5, 0.6) is 5.75 Å². The lowest BCUT2D eigenvalue weighted by Gasteiger charge is -2.22. The third-order valence-electron chi connectivity index (χ3n) is 4.28. The van der Waals surface area contributed by atoms with Crippen LogP contribution in [0.4, 0.5) is 5.69 Å².